The van der Waals surface area contributed by atoms with E-state index in [4.69, 9.17) is 5.26 Å². The first-order valence-corrected chi connectivity index (χ1v) is 4.59. The number of rotatable bonds is 3. The van der Waals surface area contributed by atoms with Crippen LogP contribution in [-0.4, -0.2) is 34.9 Å². The van der Waals surface area contributed by atoms with Crippen LogP contribution in [0.25, 0.3) is 0 Å². The zero-order valence-corrected chi connectivity index (χ0v) is 6.02. The van der Waals surface area contributed by atoms with Gasteiger partial charge in [0.25, 0.3) is 0 Å². The Labute approximate surface area is 65.9 Å². The molecule has 5 heteroatoms. The smallest absolute Gasteiger partial charge is 0.234 e. The van der Waals surface area contributed by atoms with E-state index in [0.717, 1.165) is 0 Å². The molecule has 0 aliphatic heterocycles. The maximum absolute atomic E-state index is 10.8. The van der Waals surface area contributed by atoms with Gasteiger partial charge in [-0.05, 0) is 0 Å². The van der Waals surface area contributed by atoms with Crippen molar-refractivity contribution >= 4 is 24.7 Å². The van der Waals surface area contributed by atoms with Gasteiger partial charge in [-0.15, -0.1) is 0 Å². The second kappa shape index (κ2) is 5.47. The van der Waals surface area contributed by atoms with Gasteiger partial charge in [-0.1, -0.05) is 13.8 Å². The van der Waals surface area contributed by atoms with Gasteiger partial charge in [0.2, 0.25) is 7.37 Å². The van der Waals surface area contributed by atoms with Crippen molar-refractivity contribution in [1.82, 2.24) is 0 Å². The van der Waals surface area contributed by atoms with E-state index in [1.165, 1.54) is 0 Å². The average molecular weight is 168 g/mol. The third-order valence-electron chi connectivity index (χ3n) is 1.11. The summed E-state index contributed by atoms with van der Waals surface area (Å²) in [5.41, 5.74) is 0. The fourth-order valence-corrected chi connectivity index (χ4v) is 1.02. The van der Waals surface area contributed by atoms with Crippen LogP contribution in [0.1, 0.15) is 13.8 Å². The van der Waals surface area contributed by atoms with Gasteiger partial charge in [-0.3, -0.25) is 4.57 Å². The van der Waals surface area contributed by atoms with Crippen molar-refractivity contribution in [2.24, 2.45) is 0 Å². The second-order valence-corrected chi connectivity index (χ2v) is 4.59. The molecule has 0 aromatic carbocycles. The van der Waals surface area contributed by atoms with Crippen molar-refractivity contribution in [3.63, 3.8) is 0 Å². The maximum atomic E-state index is 10.8. The lowest BCUT2D eigenvalue weighted by molar-refractivity contribution is -0.135. The molecule has 0 unspecified atom stereocenters. The molecule has 0 heterocycles. The Morgan fingerprint density at radius 1 is 1.44 bits per heavy atom. The van der Waals surface area contributed by atoms with Gasteiger partial charge in [0.1, 0.15) is 0 Å². The highest BCUT2D eigenvalue weighted by Gasteiger charge is 2.16. The maximum Gasteiger partial charge on any atom is 0.234 e. The molecule has 0 aromatic heterocycles. The molecular weight excluding hydrogens is 154 g/mol. The van der Waals surface area contributed by atoms with Crippen LogP contribution in [-0.2, 0) is 9.24 Å². The fraction of sp³-hybridized carbons (Fsp3) is 1.00. The molecule has 9 heavy (non-hydrogen) atoms. The van der Waals surface area contributed by atoms with Crippen molar-refractivity contribution in [1.29, 1.82) is 0 Å². The van der Waals surface area contributed by atoms with Crippen molar-refractivity contribution in [3.8, 4) is 0 Å². The van der Waals surface area contributed by atoms with E-state index in [1.807, 2.05) is 0 Å². The lowest BCUT2D eigenvalue weighted by Gasteiger charge is -2.06. The molecule has 0 spiro atoms. The Morgan fingerprint density at radius 3 is 1.78 bits per heavy atom. The van der Waals surface area contributed by atoms with Gasteiger partial charge in [-0.2, -0.15) is 4.67 Å². The van der Waals surface area contributed by atoms with Crippen molar-refractivity contribution in [2.45, 2.75) is 13.8 Å². The highest BCUT2D eigenvalue weighted by atomic mass is 31.2. The SMILES string of the molecule is CCP(=O)(CC)OO.[AlH3]. The van der Waals surface area contributed by atoms with E-state index in [9.17, 15) is 4.57 Å². The minimum Gasteiger partial charge on any atom is -0.290 e. The third kappa shape index (κ3) is 4.14. The zero-order valence-electron chi connectivity index (χ0n) is 5.13. The van der Waals surface area contributed by atoms with E-state index in [-0.39, 0.29) is 17.4 Å². The Balaban J connectivity index is 0. The van der Waals surface area contributed by atoms with Gasteiger partial charge in [0.15, 0.2) is 17.4 Å². The van der Waals surface area contributed by atoms with Crippen LogP contribution in [0.2, 0.25) is 0 Å². The summed E-state index contributed by atoms with van der Waals surface area (Å²) in [5.74, 6) is 0. The molecule has 1 N–H and O–H groups in total. The largest absolute Gasteiger partial charge is 0.290 e. The molecule has 0 saturated heterocycles. The van der Waals surface area contributed by atoms with Crippen LogP contribution in [0, 0.1) is 0 Å². The summed E-state index contributed by atoms with van der Waals surface area (Å²) in [6.07, 6.45) is 0.806. The summed E-state index contributed by atoms with van der Waals surface area (Å²) >= 11 is 0. The molecule has 0 aromatic rings. The van der Waals surface area contributed by atoms with Gasteiger partial charge in [0, 0.05) is 12.3 Å². The molecule has 0 radical (unpaired) electrons. The van der Waals surface area contributed by atoms with Crippen LogP contribution in [0.5, 0.6) is 0 Å². The molecule has 0 atom stereocenters. The summed E-state index contributed by atoms with van der Waals surface area (Å²) < 4.78 is 14.6. The molecule has 0 fully saturated rings. The van der Waals surface area contributed by atoms with E-state index in [0.29, 0.717) is 12.3 Å². The Hall–Kier alpha value is 0.682. The quantitative estimate of drug-likeness (QED) is 0.290. The summed E-state index contributed by atoms with van der Waals surface area (Å²) in [4.78, 5) is 0. The van der Waals surface area contributed by atoms with Crippen molar-refractivity contribution < 1.29 is 14.5 Å². The van der Waals surface area contributed by atoms with Gasteiger partial charge >= 0.3 is 0 Å². The normalized spacial score (nSPS) is 10.6. The highest BCUT2D eigenvalue weighted by Crippen LogP contribution is 2.44. The summed E-state index contributed by atoms with van der Waals surface area (Å²) in [6.45, 7) is 3.45. The first-order chi connectivity index (χ1) is 3.68. The molecule has 0 bridgehead atoms. The van der Waals surface area contributed by atoms with Crippen LogP contribution >= 0.6 is 7.37 Å². The predicted octanol–water partition coefficient (Wildman–Crippen LogP) is 0.610. The lowest BCUT2D eigenvalue weighted by atomic mass is 11.0. The summed E-state index contributed by atoms with van der Waals surface area (Å²) in [6, 6.07) is 0. The fourth-order valence-electron chi connectivity index (χ4n) is 0.339. The Morgan fingerprint density at radius 2 is 1.78 bits per heavy atom. The van der Waals surface area contributed by atoms with Crippen LogP contribution in [0.3, 0.4) is 0 Å². The van der Waals surface area contributed by atoms with E-state index in [2.05, 4.69) is 4.67 Å². The number of hydrogen-bond acceptors (Lipinski definition) is 3. The molecule has 3 nitrogen and oxygen atoms in total. The third-order valence-corrected chi connectivity index (χ3v) is 3.34. The van der Waals surface area contributed by atoms with Gasteiger partial charge in [-0.25, -0.2) is 5.26 Å². The number of hydrogen-bond donors (Lipinski definition) is 1. The lowest BCUT2D eigenvalue weighted by Crippen LogP contribution is -1.90. The van der Waals surface area contributed by atoms with Crippen LogP contribution < -0.4 is 0 Å². The average Bonchev–Trinajstić information content (AvgIpc) is 1.87. The van der Waals surface area contributed by atoms with Crippen molar-refractivity contribution in [3.05, 3.63) is 0 Å². The Kier molecular flexibility index (Phi) is 7.51. The van der Waals surface area contributed by atoms with E-state index < -0.39 is 7.37 Å². The topological polar surface area (TPSA) is 46.5 Å². The van der Waals surface area contributed by atoms with Crippen LogP contribution in [0.15, 0.2) is 0 Å². The monoisotopic (exact) mass is 168 g/mol. The first kappa shape index (κ1) is 12.4. The molecule has 0 saturated carbocycles. The standard InChI is InChI=1S/C4H11O3P.Al.3H/c1-3-8(6,4-2)7-5;;;;/h5H,3-4H2,1-2H3;;;;. The zero-order chi connectivity index (χ0) is 6.62. The molecule has 0 aliphatic carbocycles. The molecular formula is C4H14AlO3P. The van der Waals surface area contributed by atoms with Crippen LogP contribution in [0.4, 0.5) is 0 Å². The van der Waals surface area contributed by atoms with Crippen molar-refractivity contribution in [2.75, 3.05) is 12.3 Å². The van der Waals surface area contributed by atoms with Gasteiger partial charge < -0.3 is 0 Å². The minimum atomic E-state index is -2.61. The van der Waals surface area contributed by atoms with E-state index in [1.54, 1.807) is 13.8 Å². The molecule has 56 valence electrons. The second-order valence-electron chi connectivity index (χ2n) is 1.53. The minimum absolute atomic E-state index is 0. The Bertz CT molecular complexity index is 87.0. The predicted molar refractivity (Wildman–Crippen MR) is 42.3 cm³/mol. The molecule has 0 rings (SSSR count). The first-order valence-electron chi connectivity index (χ1n) is 2.59. The molecule has 0 amide bonds. The highest BCUT2D eigenvalue weighted by molar-refractivity contribution is 7.58. The molecule has 0 aliphatic rings. The summed E-state index contributed by atoms with van der Waals surface area (Å²) in [7, 11) is -2.61. The summed E-state index contributed by atoms with van der Waals surface area (Å²) in [5, 5.41) is 8.02. The van der Waals surface area contributed by atoms with E-state index >= 15 is 0 Å². The van der Waals surface area contributed by atoms with Gasteiger partial charge in [0.05, 0.1) is 0 Å².